The summed E-state index contributed by atoms with van der Waals surface area (Å²) in [6.07, 6.45) is 0. The van der Waals surface area contributed by atoms with Crippen molar-refractivity contribution in [3.05, 3.63) is 34.3 Å². The minimum atomic E-state index is -2.73. The van der Waals surface area contributed by atoms with Crippen molar-refractivity contribution in [2.24, 2.45) is 5.92 Å². The zero-order chi connectivity index (χ0) is 10.2. The average molecular weight is 262 g/mol. The van der Waals surface area contributed by atoms with Gasteiger partial charge in [-0.05, 0) is 6.07 Å². The van der Waals surface area contributed by atoms with E-state index in [9.17, 15) is 8.78 Å². The summed E-state index contributed by atoms with van der Waals surface area (Å²) < 4.78 is 28.1. The molecule has 1 aliphatic rings. The maximum atomic E-state index is 13.8. The Labute approximate surface area is 89.6 Å². The molecule has 0 saturated carbocycles. The van der Waals surface area contributed by atoms with Crippen molar-refractivity contribution < 1.29 is 8.78 Å². The van der Waals surface area contributed by atoms with Crippen molar-refractivity contribution in [2.75, 3.05) is 13.1 Å². The zero-order valence-electron chi connectivity index (χ0n) is 7.43. The fraction of sp³-hybridized carbons (Fsp3) is 0.400. The van der Waals surface area contributed by atoms with Gasteiger partial charge in [0.05, 0.1) is 5.92 Å². The van der Waals surface area contributed by atoms with Crippen LogP contribution in [-0.4, -0.2) is 13.1 Å². The van der Waals surface area contributed by atoms with Gasteiger partial charge >= 0.3 is 0 Å². The molecule has 0 aliphatic carbocycles. The predicted molar refractivity (Wildman–Crippen MR) is 54.4 cm³/mol. The van der Waals surface area contributed by atoms with E-state index in [-0.39, 0.29) is 5.56 Å². The minimum absolute atomic E-state index is 0.0894. The van der Waals surface area contributed by atoms with E-state index < -0.39 is 11.8 Å². The van der Waals surface area contributed by atoms with Gasteiger partial charge in [-0.25, -0.2) is 8.78 Å². The molecule has 0 unspecified atom stereocenters. The van der Waals surface area contributed by atoms with Gasteiger partial charge in [0.1, 0.15) is 0 Å². The average Bonchev–Trinajstić information content (AvgIpc) is 2.00. The molecule has 1 nitrogen and oxygen atoms in total. The molecule has 14 heavy (non-hydrogen) atoms. The third-order valence-electron chi connectivity index (χ3n) is 2.53. The van der Waals surface area contributed by atoms with Gasteiger partial charge in [-0.3, -0.25) is 0 Å². The molecule has 1 heterocycles. The summed E-state index contributed by atoms with van der Waals surface area (Å²) in [6.45, 7) is 0.794. The second-order valence-electron chi connectivity index (χ2n) is 3.46. The molecule has 1 aromatic carbocycles. The van der Waals surface area contributed by atoms with Crippen LogP contribution in [0.3, 0.4) is 0 Å². The summed E-state index contributed by atoms with van der Waals surface area (Å²) in [4.78, 5) is 0. The molecule has 0 atom stereocenters. The van der Waals surface area contributed by atoms with Crippen molar-refractivity contribution in [1.82, 2.24) is 5.32 Å². The lowest BCUT2D eigenvalue weighted by atomic mass is 9.90. The second kappa shape index (κ2) is 3.59. The van der Waals surface area contributed by atoms with Crippen LogP contribution in [0.1, 0.15) is 5.56 Å². The van der Waals surface area contributed by atoms with Crippen LogP contribution in [0.5, 0.6) is 0 Å². The minimum Gasteiger partial charge on any atom is -0.316 e. The van der Waals surface area contributed by atoms with Crippen molar-refractivity contribution in [1.29, 1.82) is 0 Å². The third kappa shape index (κ3) is 1.57. The molecule has 76 valence electrons. The van der Waals surface area contributed by atoms with Crippen molar-refractivity contribution in [3.63, 3.8) is 0 Å². The van der Waals surface area contributed by atoms with Gasteiger partial charge in [0, 0.05) is 23.1 Å². The standard InChI is InChI=1S/C10H10BrF2N/c11-9-4-2-1-3-8(9)10(12,13)7-5-14-6-7/h1-4,7,14H,5-6H2. The van der Waals surface area contributed by atoms with Crippen LogP contribution in [0.2, 0.25) is 0 Å². The first-order chi connectivity index (χ1) is 6.62. The first-order valence-corrected chi connectivity index (χ1v) is 5.25. The van der Waals surface area contributed by atoms with Crippen LogP contribution in [0, 0.1) is 5.92 Å². The maximum Gasteiger partial charge on any atom is 0.279 e. The highest BCUT2D eigenvalue weighted by atomic mass is 79.9. The third-order valence-corrected chi connectivity index (χ3v) is 3.22. The van der Waals surface area contributed by atoms with Crippen LogP contribution in [0.15, 0.2) is 28.7 Å². The highest BCUT2D eigenvalue weighted by Gasteiger charge is 2.45. The molecule has 1 saturated heterocycles. The number of benzene rings is 1. The SMILES string of the molecule is FC(F)(c1ccccc1Br)C1CNC1. The number of hydrogen-bond acceptors (Lipinski definition) is 1. The largest absolute Gasteiger partial charge is 0.316 e. The molecule has 1 fully saturated rings. The van der Waals surface area contributed by atoms with E-state index in [1.165, 1.54) is 6.07 Å². The first kappa shape index (κ1) is 10.1. The first-order valence-electron chi connectivity index (χ1n) is 4.46. The molecule has 0 bridgehead atoms. The lowest BCUT2D eigenvalue weighted by molar-refractivity contribution is -0.0840. The molecule has 2 rings (SSSR count). The van der Waals surface area contributed by atoms with Crippen molar-refractivity contribution in [3.8, 4) is 0 Å². The Bertz CT molecular complexity index is 337. The number of hydrogen-bond donors (Lipinski definition) is 1. The fourth-order valence-corrected chi connectivity index (χ4v) is 2.05. The Balaban J connectivity index is 2.32. The van der Waals surface area contributed by atoms with Gasteiger partial charge in [0.15, 0.2) is 0 Å². The predicted octanol–water partition coefficient (Wildman–Crippen LogP) is 2.76. The molecule has 1 aliphatic heterocycles. The summed E-state index contributed by atoms with van der Waals surface area (Å²) in [7, 11) is 0. The van der Waals surface area contributed by atoms with E-state index in [0.29, 0.717) is 17.6 Å². The van der Waals surface area contributed by atoms with E-state index in [4.69, 9.17) is 0 Å². The highest BCUT2D eigenvalue weighted by molar-refractivity contribution is 9.10. The molecule has 0 spiro atoms. The fourth-order valence-electron chi connectivity index (χ4n) is 1.50. The molecule has 0 amide bonds. The van der Waals surface area contributed by atoms with Crippen LogP contribution in [-0.2, 0) is 5.92 Å². The van der Waals surface area contributed by atoms with Crippen LogP contribution < -0.4 is 5.32 Å². The molecule has 1 aromatic rings. The monoisotopic (exact) mass is 261 g/mol. The van der Waals surface area contributed by atoms with Crippen LogP contribution in [0.25, 0.3) is 0 Å². The molecule has 0 aromatic heterocycles. The van der Waals surface area contributed by atoms with Gasteiger partial charge in [0.25, 0.3) is 5.92 Å². The summed E-state index contributed by atoms with van der Waals surface area (Å²) in [6, 6.07) is 6.50. The van der Waals surface area contributed by atoms with E-state index in [2.05, 4.69) is 21.2 Å². The highest BCUT2D eigenvalue weighted by Crippen LogP contribution is 2.41. The Hall–Kier alpha value is -0.480. The van der Waals surface area contributed by atoms with E-state index in [1.807, 2.05) is 0 Å². The Kier molecular flexibility index (Phi) is 2.58. The summed E-state index contributed by atoms with van der Waals surface area (Å²) in [5.41, 5.74) is 0.0894. The maximum absolute atomic E-state index is 13.8. The van der Waals surface area contributed by atoms with Gasteiger partial charge in [-0.2, -0.15) is 0 Å². The van der Waals surface area contributed by atoms with Gasteiger partial charge < -0.3 is 5.32 Å². The zero-order valence-corrected chi connectivity index (χ0v) is 9.02. The molecular formula is C10H10BrF2N. The smallest absolute Gasteiger partial charge is 0.279 e. The number of rotatable bonds is 2. The Morgan fingerprint density at radius 1 is 1.29 bits per heavy atom. The van der Waals surface area contributed by atoms with E-state index in [1.54, 1.807) is 18.2 Å². The summed E-state index contributed by atoms with van der Waals surface area (Å²) in [5.74, 6) is -3.30. The van der Waals surface area contributed by atoms with Gasteiger partial charge in [-0.15, -0.1) is 0 Å². The lowest BCUT2D eigenvalue weighted by Gasteiger charge is -2.35. The normalized spacial score (nSPS) is 17.9. The Morgan fingerprint density at radius 3 is 2.43 bits per heavy atom. The number of halogens is 3. The van der Waals surface area contributed by atoms with E-state index in [0.717, 1.165) is 0 Å². The summed E-state index contributed by atoms with van der Waals surface area (Å²) >= 11 is 3.15. The van der Waals surface area contributed by atoms with Gasteiger partial charge in [-0.1, -0.05) is 34.1 Å². The van der Waals surface area contributed by atoms with E-state index >= 15 is 0 Å². The lowest BCUT2D eigenvalue weighted by Crippen LogP contribution is -2.50. The van der Waals surface area contributed by atoms with Crippen LogP contribution in [0.4, 0.5) is 8.78 Å². The number of alkyl halides is 2. The molecule has 1 N–H and O–H groups in total. The van der Waals surface area contributed by atoms with Crippen molar-refractivity contribution in [2.45, 2.75) is 5.92 Å². The molecule has 4 heteroatoms. The number of nitrogens with one attached hydrogen (secondary N) is 1. The van der Waals surface area contributed by atoms with Crippen LogP contribution >= 0.6 is 15.9 Å². The summed E-state index contributed by atoms with van der Waals surface area (Å²) in [5, 5.41) is 2.86. The second-order valence-corrected chi connectivity index (χ2v) is 4.31. The van der Waals surface area contributed by atoms with Crippen molar-refractivity contribution >= 4 is 15.9 Å². The van der Waals surface area contributed by atoms with Gasteiger partial charge in [0.2, 0.25) is 0 Å². The quantitative estimate of drug-likeness (QED) is 0.864. The topological polar surface area (TPSA) is 12.0 Å². The Morgan fingerprint density at radius 2 is 1.93 bits per heavy atom. The molecular weight excluding hydrogens is 252 g/mol. The molecule has 0 radical (unpaired) electrons.